The Balaban J connectivity index is 1.48. The second kappa shape index (κ2) is 8.58. The third kappa shape index (κ3) is 5.11. The summed E-state index contributed by atoms with van der Waals surface area (Å²) in [5, 5.41) is 12.0. The van der Waals surface area contributed by atoms with Gasteiger partial charge in [0.15, 0.2) is 6.73 Å². The monoisotopic (exact) mass is 451 g/mol. The molecule has 0 fully saturated rings. The number of amides is 1. The van der Waals surface area contributed by atoms with Crippen LogP contribution in [0.4, 0.5) is 5.69 Å². The normalized spacial score (nSPS) is 10.8. The highest BCUT2D eigenvalue weighted by atomic mass is 79.9. The van der Waals surface area contributed by atoms with E-state index in [4.69, 9.17) is 16.3 Å². The number of carbonyl (C=O) groups is 1. The maximum Gasteiger partial charge on any atom is 0.226 e. The summed E-state index contributed by atoms with van der Waals surface area (Å²) in [6.07, 6.45) is 3.60. The standard InChI is InChI=1S/C18H19BrClN5O2/c1-12-18(20)13(2)25(23-12)8-7-17(26)22-15-9-21-24(10-15)11-27-16-5-3-14(19)4-6-16/h3-6,9-10H,7-8,11H2,1-2H3,(H,22,26). The molecule has 7 nitrogen and oxygen atoms in total. The second-order valence-electron chi connectivity index (χ2n) is 6.00. The number of anilines is 1. The van der Waals surface area contributed by atoms with Crippen LogP contribution in [0.2, 0.25) is 5.02 Å². The van der Waals surface area contributed by atoms with E-state index in [1.165, 1.54) is 0 Å². The first-order chi connectivity index (χ1) is 12.9. The first kappa shape index (κ1) is 19.4. The summed E-state index contributed by atoms with van der Waals surface area (Å²) in [5.41, 5.74) is 2.24. The van der Waals surface area contributed by atoms with Gasteiger partial charge in [0.05, 0.1) is 41.0 Å². The molecule has 3 rings (SSSR count). The number of carbonyl (C=O) groups excluding carboxylic acids is 1. The Bertz CT molecular complexity index is 936. The van der Waals surface area contributed by atoms with E-state index >= 15 is 0 Å². The number of nitrogens with zero attached hydrogens (tertiary/aromatic N) is 4. The molecule has 9 heteroatoms. The van der Waals surface area contributed by atoms with Crippen LogP contribution in [0, 0.1) is 13.8 Å². The molecule has 0 aliphatic rings. The Morgan fingerprint density at radius 2 is 2.04 bits per heavy atom. The Morgan fingerprint density at radius 1 is 1.30 bits per heavy atom. The number of nitrogens with one attached hydrogen (secondary N) is 1. The predicted molar refractivity (Wildman–Crippen MR) is 107 cm³/mol. The van der Waals surface area contributed by atoms with Crippen molar-refractivity contribution in [3.05, 3.63) is 57.5 Å². The summed E-state index contributed by atoms with van der Waals surface area (Å²) in [7, 11) is 0. The van der Waals surface area contributed by atoms with Gasteiger partial charge in [0, 0.05) is 10.9 Å². The number of aryl methyl sites for hydroxylation is 2. The fraction of sp³-hybridized carbons (Fsp3) is 0.278. The molecule has 0 bridgehead atoms. The van der Waals surface area contributed by atoms with Crippen molar-refractivity contribution in [2.75, 3.05) is 5.32 Å². The van der Waals surface area contributed by atoms with Crippen molar-refractivity contribution in [3.63, 3.8) is 0 Å². The molecule has 0 spiro atoms. The summed E-state index contributed by atoms with van der Waals surface area (Å²) >= 11 is 9.50. The van der Waals surface area contributed by atoms with Crippen LogP contribution >= 0.6 is 27.5 Å². The maximum absolute atomic E-state index is 12.2. The lowest BCUT2D eigenvalue weighted by Gasteiger charge is -2.06. The average molecular weight is 453 g/mol. The molecule has 3 aromatic rings. The van der Waals surface area contributed by atoms with E-state index in [0.717, 1.165) is 21.6 Å². The maximum atomic E-state index is 12.2. The highest BCUT2D eigenvalue weighted by Gasteiger charge is 2.11. The molecule has 1 N–H and O–H groups in total. The number of benzene rings is 1. The molecule has 1 aromatic carbocycles. The lowest BCUT2D eigenvalue weighted by molar-refractivity contribution is -0.116. The number of halogens is 2. The zero-order valence-electron chi connectivity index (χ0n) is 14.9. The van der Waals surface area contributed by atoms with Crippen LogP contribution in [0.15, 0.2) is 41.1 Å². The third-order valence-electron chi connectivity index (χ3n) is 3.94. The van der Waals surface area contributed by atoms with Crippen LogP contribution in [-0.4, -0.2) is 25.5 Å². The van der Waals surface area contributed by atoms with E-state index in [2.05, 4.69) is 31.4 Å². The van der Waals surface area contributed by atoms with Crippen molar-refractivity contribution >= 4 is 39.1 Å². The molecule has 0 aliphatic carbocycles. The number of aromatic nitrogens is 4. The van der Waals surface area contributed by atoms with Gasteiger partial charge in [0.1, 0.15) is 5.75 Å². The van der Waals surface area contributed by atoms with Gasteiger partial charge in [0.25, 0.3) is 0 Å². The zero-order chi connectivity index (χ0) is 19.4. The molecular weight excluding hydrogens is 434 g/mol. The summed E-state index contributed by atoms with van der Waals surface area (Å²) in [6.45, 7) is 4.44. The Kier molecular flexibility index (Phi) is 6.18. The Hall–Kier alpha value is -2.32. The predicted octanol–water partition coefficient (Wildman–Crippen LogP) is 4.18. The summed E-state index contributed by atoms with van der Waals surface area (Å²) in [6, 6.07) is 7.53. The second-order valence-corrected chi connectivity index (χ2v) is 7.30. The average Bonchev–Trinajstić information content (AvgIpc) is 3.19. The SMILES string of the molecule is Cc1nn(CCC(=O)Nc2cnn(COc3ccc(Br)cc3)c2)c(C)c1Cl. The van der Waals surface area contributed by atoms with Crippen LogP contribution in [0.25, 0.3) is 0 Å². The Labute approximate surface area is 170 Å². The molecule has 0 saturated carbocycles. The fourth-order valence-electron chi connectivity index (χ4n) is 2.49. The molecule has 2 aromatic heterocycles. The number of hydrogen-bond acceptors (Lipinski definition) is 4. The first-order valence-electron chi connectivity index (χ1n) is 8.32. The molecule has 0 atom stereocenters. The van der Waals surface area contributed by atoms with Gasteiger partial charge in [-0.05, 0) is 38.1 Å². The van der Waals surface area contributed by atoms with Gasteiger partial charge in [-0.2, -0.15) is 10.2 Å². The van der Waals surface area contributed by atoms with Crippen molar-refractivity contribution in [1.29, 1.82) is 0 Å². The smallest absolute Gasteiger partial charge is 0.226 e. The summed E-state index contributed by atoms with van der Waals surface area (Å²) < 4.78 is 9.98. The fourth-order valence-corrected chi connectivity index (χ4v) is 2.89. The van der Waals surface area contributed by atoms with Crippen molar-refractivity contribution in [1.82, 2.24) is 19.6 Å². The minimum atomic E-state index is -0.118. The van der Waals surface area contributed by atoms with E-state index in [0.29, 0.717) is 23.7 Å². The van der Waals surface area contributed by atoms with Gasteiger partial charge in [-0.3, -0.25) is 9.48 Å². The molecule has 0 unspecified atom stereocenters. The van der Waals surface area contributed by atoms with Crippen LogP contribution in [0.1, 0.15) is 17.8 Å². The van der Waals surface area contributed by atoms with E-state index in [1.807, 2.05) is 38.1 Å². The largest absolute Gasteiger partial charge is 0.471 e. The molecule has 2 heterocycles. The van der Waals surface area contributed by atoms with Gasteiger partial charge >= 0.3 is 0 Å². The van der Waals surface area contributed by atoms with Crippen molar-refractivity contribution in [2.45, 2.75) is 33.5 Å². The van der Waals surface area contributed by atoms with E-state index in [1.54, 1.807) is 21.8 Å². The minimum absolute atomic E-state index is 0.118. The van der Waals surface area contributed by atoms with E-state index in [9.17, 15) is 4.79 Å². The molecule has 1 amide bonds. The minimum Gasteiger partial charge on any atom is -0.471 e. The summed E-state index contributed by atoms with van der Waals surface area (Å²) in [4.78, 5) is 12.2. The number of rotatable bonds is 7. The van der Waals surface area contributed by atoms with E-state index < -0.39 is 0 Å². The first-order valence-corrected chi connectivity index (χ1v) is 9.49. The van der Waals surface area contributed by atoms with Gasteiger partial charge < -0.3 is 10.1 Å². The van der Waals surface area contributed by atoms with Gasteiger partial charge in [-0.1, -0.05) is 27.5 Å². The molecule has 0 saturated heterocycles. The lowest BCUT2D eigenvalue weighted by Crippen LogP contribution is -2.15. The highest BCUT2D eigenvalue weighted by molar-refractivity contribution is 9.10. The molecule has 27 heavy (non-hydrogen) atoms. The number of ether oxygens (including phenoxy) is 1. The topological polar surface area (TPSA) is 74.0 Å². The molecule has 0 aliphatic heterocycles. The van der Waals surface area contributed by atoms with Gasteiger partial charge in [-0.15, -0.1) is 0 Å². The molecule has 142 valence electrons. The van der Waals surface area contributed by atoms with Crippen LogP contribution in [0.5, 0.6) is 5.75 Å². The van der Waals surface area contributed by atoms with Crippen LogP contribution < -0.4 is 10.1 Å². The quantitative estimate of drug-likeness (QED) is 0.584. The lowest BCUT2D eigenvalue weighted by atomic mass is 10.3. The van der Waals surface area contributed by atoms with Crippen molar-refractivity contribution < 1.29 is 9.53 Å². The van der Waals surface area contributed by atoms with Crippen LogP contribution in [-0.2, 0) is 18.1 Å². The Morgan fingerprint density at radius 3 is 2.70 bits per heavy atom. The highest BCUT2D eigenvalue weighted by Crippen LogP contribution is 2.19. The number of hydrogen-bond donors (Lipinski definition) is 1. The van der Waals surface area contributed by atoms with Crippen molar-refractivity contribution in [2.24, 2.45) is 0 Å². The zero-order valence-corrected chi connectivity index (χ0v) is 17.3. The van der Waals surface area contributed by atoms with Crippen molar-refractivity contribution in [3.8, 4) is 5.75 Å². The van der Waals surface area contributed by atoms with Gasteiger partial charge in [0.2, 0.25) is 5.91 Å². The van der Waals surface area contributed by atoms with Crippen LogP contribution in [0.3, 0.4) is 0 Å². The summed E-state index contributed by atoms with van der Waals surface area (Å²) in [5.74, 6) is 0.620. The van der Waals surface area contributed by atoms with Gasteiger partial charge in [-0.25, -0.2) is 4.68 Å². The molecular formula is C18H19BrClN5O2. The molecule has 0 radical (unpaired) electrons. The van der Waals surface area contributed by atoms with E-state index in [-0.39, 0.29) is 12.6 Å². The third-order valence-corrected chi connectivity index (χ3v) is 5.01.